The molecule has 18 heavy (non-hydrogen) atoms. The molecule has 0 amide bonds. The number of benzene rings is 1. The van der Waals surface area contributed by atoms with Gasteiger partial charge in [-0.2, -0.15) is 5.10 Å². The smallest absolute Gasteiger partial charge is 0.0739 e. The molecule has 0 radical (unpaired) electrons. The molecule has 96 valence electrons. The number of rotatable bonds is 4. The van der Waals surface area contributed by atoms with Gasteiger partial charge in [0.2, 0.25) is 0 Å². The van der Waals surface area contributed by atoms with Crippen LogP contribution in [0.2, 0.25) is 0 Å². The summed E-state index contributed by atoms with van der Waals surface area (Å²) in [5, 5.41) is 7.93. The molecule has 1 aromatic carbocycles. The van der Waals surface area contributed by atoms with Gasteiger partial charge in [0.15, 0.2) is 0 Å². The van der Waals surface area contributed by atoms with Crippen molar-refractivity contribution < 1.29 is 0 Å². The highest BCUT2D eigenvalue weighted by Crippen LogP contribution is 2.22. The predicted octanol–water partition coefficient (Wildman–Crippen LogP) is 3.89. The Morgan fingerprint density at radius 1 is 1.33 bits per heavy atom. The average Bonchev–Trinajstić information content (AvgIpc) is 2.63. The molecule has 0 bridgehead atoms. The lowest BCUT2D eigenvalue weighted by molar-refractivity contribution is 0.622. The number of anilines is 1. The molecular formula is C14H18BrN3. The molecule has 0 aliphatic rings. The van der Waals surface area contributed by atoms with Crippen LogP contribution in [0.1, 0.15) is 23.9 Å². The van der Waals surface area contributed by atoms with E-state index in [4.69, 9.17) is 0 Å². The van der Waals surface area contributed by atoms with Gasteiger partial charge in [0, 0.05) is 12.2 Å². The number of hydrogen-bond acceptors (Lipinski definition) is 2. The number of aryl methyl sites for hydroxylation is 3. The van der Waals surface area contributed by atoms with Crippen molar-refractivity contribution in [3.05, 3.63) is 45.7 Å². The van der Waals surface area contributed by atoms with Gasteiger partial charge in [-0.15, -0.1) is 0 Å². The molecule has 1 N–H and O–H groups in total. The number of nitrogens with zero attached hydrogens (tertiary/aromatic N) is 2. The van der Waals surface area contributed by atoms with Crippen molar-refractivity contribution in [3.8, 4) is 0 Å². The SMILES string of the molecule is CCn1nc(C)c(Br)c1CNc1cccc(C)c1. The largest absolute Gasteiger partial charge is 0.379 e. The third-order valence-electron chi connectivity index (χ3n) is 2.93. The Balaban J connectivity index is 2.15. The molecule has 3 nitrogen and oxygen atoms in total. The summed E-state index contributed by atoms with van der Waals surface area (Å²) in [6.07, 6.45) is 0. The maximum atomic E-state index is 4.49. The molecule has 0 fully saturated rings. The van der Waals surface area contributed by atoms with E-state index in [2.05, 4.69) is 64.5 Å². The van der Waals surface area contributed by atoms with E-state index in [1.807, 2.05) is 11.6 Å². The normalized spacial score (nSPS) is 10.7. The van der Waals surface area contributed by atoms with Crippen LogP contribution < -0.4 is 5.32 Å². The fourth-order valence-electron chi connectivity index (χ4n) is 1.98. The molecule has 0 saturated heterocycles. The van der Waals surface area contributed by atoms with Gasteiger partial charge in [0.25, 0.3) is 0 Å². The molecule has 1 aromatic heterocycles. The third kappa shape index (κ3) is 2.75. The second kappa shape index (κ2) is 5.57. The Morgan fingerprint density at radius 2 is 2.11 bits per heavy atom. The quantitative estimate of drug-likeness (QED) is 0.928. The van der Waals surface area contributed by atoms with Gasteiger partial charge in [-0.1, -0.05) is 12.1 Å². The summed E-state index contributed by atoms with van der Waals surface area (Å²) in [5.41, 5.74) is 4.64. The lowest BCUT2D eigenvalue weighted by atomic mass is 10.2. The van der Waals surface area contributed by atoms with Gasteiger partial charge >= 0.3 is 0 Å². The van der Waals surface area contributed by atoms with Crippen LogP contribution in [0.3, 0.4) is 0 Å². The van der Waals surface area contributed by atoms with Crippen LogP contribution in [0.15, 0.2) is 28.7 Å². The molecule has 0 spiro atoms. The highest BCUT2D eigenvalue weighted by Gasteiger charge is 2.11. The second-order valence-corrected chi connectivity index (χ2v) is 5.18. The maximum absolute atomic E-state index is 4.49. The van der Waals surface area contributed by atoms with Crippen LogP contribution in [0.25, 0.3) is 0 Å². The van der Waals surface area contributed by atoms with E-state index in [0.29, 0.717) is 0 Å². The van der Waals surface area contributed by atoms with E-state index >= 15 is 0 Å². The van der Waals surface area contributed by atoms with E-state index in [-0.39, 0.29) is 0 Å². The molecule has 1 heterocycles. The van der Waals surface area contributed by atoms with Gasteiger partial charge < -0.3 is 5.32 Å². The number of hydrogen-bond donors (Lipinski definition) is 1. The molecule has 0 atom stereocenters. The van der Waals surface area contributed by atoms with E-state index in [1.54, 1.807) is 0 Å². The first kappa shape index (κ1) is 13.1. The molecule has 0 aliphatic carbocycles. The lowest BCUT2D eigenvalue weighted by Crippen LogP contribution is -2.08. The van der Waals surface area contributed by atoms with Crippen molar-refractivity contribution in [1.29, 1.82) is 0 Å². The summed E-state index contributed by atoms with van der Waals surface area (Å²) in [5.74, 6) is 0. The first-order valence-corrected chi connectivity index (χ1v) is 6.93. The summed E-state index contributed by atoms with van der Waals surface area (Å²) < 4.78 is 3.13. The van der Waals surface area contributed by atoms with Gasteiger partial charge in [-0.3, -0.25) is 4.68 Å². The molecular weight excluding hydrogens is 290 g/mol. The highest BCUT2D eigenvalue weighted by atomic mass is 79.9. The molecule has 0 aliphatic heterocycles. The Morgan fingerprint density at radius 3 is 2.78 bits per heavy atom. The van der Waals surface area contributed by atoms with Crippen molar-refractivity contribution in [1.82, 2.24) is 9.78 Å². The Kier molecular flexibility index (Phi) is 4.07. The minimum atomic E-state index is 0.777. The summed E-state index contributed by atoms with van der Waals surface area (Å²) >= 11 is 3.61. The Hall–Kier alpha value is -1.29. The molecule has 0 unspecified atom stereocenters. The first-order chi connectivity index (χ1) is 8.61. The van der Waals surface area contributed by atoms with Gasteiger partial charge in [0.1, 0.15) is 0 Å². The fourth-order valence-corrected chi connectivity index (χ4v) is 2.40. The van der Waals surface area contributed by atoms with E-state index in [9.17, 15) is 0 Å². The lowest BCUT2D eigenvalue weighted by Gasteiger charge is -2.09. The predicted molar refractivity (Wildman–Crippen MR) is 78.8 cm³/mol. The monoisotopic (exact) mass is 307 g/mol. The summed E-state index contributed by atoms with van der Waals surface area (Å²) in [6, 6.07) is 8.39. The Bertz CT molecular complexity index is 546. The summed E-state index contributed by atoms with van der Waals surface area (Å²) in [4.78, 5) is 0. The zero-order valence-corrected chi connectivity index (χ0v) is 12.6. The molecule has 0 saturated carbocycles. The van der Waals surface area contributed by atoms with Crippen LogP contribution in [0.4, 0.5) is 5.69 Å². The van der Waals surface area contributed by atoms with Crippen molar-refractivity contribution in [2.24, 2.45) is 0 Å². The third-order valence-corrected chi connectivity index (χ3v) is 3.96. The number of aromatic nitrogens is 2. The molecule has 4 heteroatoms. The summed E-state index contributed by atoms with van der Waals surface area (Å²) in [7, 11) is 0. The zero-order chi connectivity index (χ0) is 13.1. The molecule has 2 aromatic rings. The standard InChI is InChI=1S/C14H18BrN3/c1-4-18-13(14(15)11(3)17-18)9-16-12-7-5-6-10(2)8-12/h5-8,16H,4,9H2,1-3H3. The van der Waals surface area contributed by atoms with Gasteiger partial charge in [0.05, 0.1) is 22.4 Å². The highest BCUT2D eigenvalue weighted by molar-refractivity contribution is 9.10. The van der Waals surface area contributed by atoms with E-state index in [1.165, 1.54) is 11.3 Å². The van der Waals surface area contributed by atoms with Crippen molar-refractivity contribution in [2.75, 3.05) is 5.32 Å². The van der Waals surface area contributed by atoms with Crippen LogP contribution >= 0.6 is 15.9 Å². The summed E-state index contributed by atoms with van der Waals surface area (Å²) in [6.45, 7) is 7.89. The first-order valence-electron chi connectivity index (χ1n) is 6.14. The topological polar surface area (TPSA) is 29.9 Å². The van der Waals surface area contributed by atoms with E-state index in [0.717, 1.165) is 28.9 Å². The molecule has 2 rings (SSSR count). The zero-order valence-electron chi connectivity index (χ0n) is 11.0. The van der Waals surface area contributed by atoms with E-state index < -0.39 is 0 Å². The Labute approximate surface area is 116 Å². The fraction of sp³-hybridized carbons (Fsp3) is 0.357. The van der Waals surface area contributed by atoms with Crippen LogP contribution in [0.5, 0.6) is 0 Å². The van der Waals surface area contributed by atoms with Crippen molar-refractivity contribution >= 4 is 21.6 Å². The van der Waals surface area contributed by atoms with Crippen LogP contribution in [-0.2, 0) is 13.1 Å². The van der Waals surface area contributed by atoms with Crippen LogP contribution in [-0.4, -0.2) is 9.78 Å². The van der Waals surface area contributed by atoms with Crippen LogP contribution in [0, 0.1) is 13.8 Å². The second-order valence-electron chi connectivity index (χ2n) is 4.38. The maximum Gasteiger partial charge on any atom is 0.0739 e. The van der Waals surface area contributed by atoms with Crippen molar-refractivity contribution in [2.45, 2.75) is 33.9 Å². The van der Waals surface area contributed by atoms with Gasteiger partial charge in [-0.05, 0) is 54.4 Å². The minimum Gasteiger partial charge on any atom is -0.379 e. The number of nitrogens with one attached hydrogen (secondary N) is 1. The van der Waals surface area contributed by atoms with Gasteiger partial charge in [-0.25, -0.2) is 0 Å². The number of halogens is 1. The minimum absolute atomic E-state index is 0.777. The average molecular weight is 308 g/mol. The van der Waals surface area contributed by atoms with Crippen molar-refractivity contribution in [3.63, 3.8) is 0 Å².